The summed E-state index contributed by atoms with van der Waals surface area (Å²) in [6.45, 7) is 4.96. The molecule has 1 atom stereocenters. The number of rotatable bonds is 6. The first kappa shape index (κ1) is 20.4. The Bertz CT molecular complexity index is 599. The molecular weight excluding hydrogens is 345 g/mol. The number of guanidine groups is 1. The molecule has 0 spiro atoms. The molecule has 0 radical (unpaired) electrons. The molecule has 2 N–H and O–H groups in total. The average Bonchev–Trinajstić information content (AvgIpc) is 2.97. The van der Waals surface area contributed by atoms with E-state index in [9.17, 15) is 13.2 Å². The quantitative estimate of drug-likeness (QED) is 0.458. The van der Waals surface area contributed by atoms with E-state index in [1.165, 1.54) is 4.90 Å². The van der Waals surface area contributed by atoms with Crippen LogP contribution in [0.4, 0.5) is 13.2 Å². The van der Waals surface area contributed by atoms with Gasteiger partial charge < -0.3 is 15.4 Å². The number of aryl methyl sites for hydroxylation is 2. The van der Waals surface area contributed by atoms with E-state index in [-0.39, 0.29) is 6.04 Å². The van der Waals surface area contributed by atoms with Gasteiger partial charge in [-0.3, -0.25) is 9.89 Å². The number of likely N-dealkylation sites (tertiary alicyclic amines) is 1. The van der Waals surface area contributed by atoms with E-state index >= 15 is 0 Å². The van der Waals surface area contributed by atoms with Crippen LogP contribution >= 0.6 is 0 Å². The molecule has 1 aliphatic heterocycles. The van der Waals surface area contributed by atoms with E-state index in [0.717, 1.165) is 16.9 Å². The van der Waals surface area contributed by atoms with Crippen LogP contribution in [0.2, 0.25) is 0 Å². The highest BCUT2D eigenvalue weighted by molar-refractivity contribution is 5.80. The van der Waals surface area contributed by atoms with Crippen molar-refractivity contribution in [2.75, 3.05) is 39.8 Å². The number of nitrogens with zero attached hydrogens (tertiary/aromatic N) is 2. The molecule has 0 bridgehead atoms. The molecule has 1 aromatic rings. The zero-order valence-corrected chi connectivity index (χ0v) is 15.5. The molecule has 0 saturated carbocycles. The number of aliphatic imine (C=N–C) groups is 1. The zero-order chi connectivity index (χ0) is 19.2. The number of halogens is 3. The third kappa shape index (κ3) is 6.40. The highest BCUT2D eigenvalue weighted by Crippen LogP contribution is 2.22. The third-order valence-electron chi connectivity index (χ3n) is 4.29. The molecule has 0 amide bonds. The van der Waals surface area contributed by atoms with E-state index in [1.807, 2.05) is 32.0 Å². The number of nitrogens with one attached hydrogen (secondary N) is 2. The fourth-order valence-corrected chi connectivity index (χ4v) is 3.08. The Morgan fingerprint density at radius 3 is 2.62 bits per heavy atom. The summed E-state index contributed by atoms with van der Waals surface area (Å²) >= 11 is 0. The van der Waals surface area contributed by atoms with E-state index < -0.39 is 12.7 Å². The van der Waals surface area contributed by atoms with Crippen LogP contribution in [-0.2, 0) is 0 Å². The minimum Gasteiger partial charge on any atom is -0.491 e. The maximum Gasteiger partial charge on any atom is 0.401 e. The van der Waals surface area contributed by atoms with Crippen molar-refractivity contribution in [3.63, 3.8) is 0 Å². The maximum absolute atomic E-state index is 12.5. The summed E-state index contributed by atoms with van der Waals surface area (Å²) < 4.78 is 43.2. The van der Waals surface area contributed by atoms with Crippen LogP contribution < -0.4 is 15.4 Å². The van der Waals surface area contributed by atoms with Gasteiger partial charge >= 0.3 is 6.18 Å². The van der Waals surface area contributed by atoms with Crippen molar-refractivity contribution < 1.29 is 17.9 Å². The molecule has 1 aromatic carbocycles. The number of alkyl halides is 3. The van der Waals surface area contributed by atoms with Gasteiger partial charge in [0.1, 0.15) is 12.4 Å². The zero-order valence-electron chi connectivity index (χ0n) is 15.5. The molecule has 2 rings (SSSR count). The second-order valence-corrected chi connectivity index (χ2v) is 6.55. The maximum atomic E-state index is 12.5. The van der Waals surface area contributed by atoms with E-state index in [4.69, 9.17) is 4.74 Å². The first-order valence-corrected chi connectivity index (χ1v) is 8.74. The number of hydrogen-bond acceptors (Lipinski definition) is 3. The predicted octanol–water partition coefficient (Wildman–Crippen LogP) is 2.48. The standard InChI is InChI=1S/C18H27F3N4O/c1-13-5-4-6-14(2)16(13)26-10-8-23-17(22-3)24-15-7-9-25(11-15)12-18(19,20)21/h4-6,15H,7-12H2,1-3H3,(H2,22,23,24). The Morgan fingerprint density at radius 2 is 2.00 bits per heavy atom. The van der Waals surface area contributed by atoms with Crippen molar-refractivity contribution in [3.8, 4) is 5.75 Å². The fraction of sp³-hybridized carbons (Fsp3) is 0.611. The van der Waals surface area contributed by atoms with Gasteiger partial charge in [0.05, 0.1) is 13.1 Å². The second kappa shape index (κ2) is 9.12. The van der Waals surface area contributed by atoms with Crippen LogP contribution in [0.1, 0.15) is 17.5 Å². The normalized spacial score (nSPS) is 18.8. The van der Waals surface area contributed by atoms with Crippen LogP contribution in [0.5, 0.6) is 5.75 Å². The Kier molecular flexibility index (Phi) is 7.14. The third-order valence-corrected chi connectivity index (χ3v) is 4.29. The highest BCUT2D eigenvalue weighted by atomic mass is 19.4. The highest BCUT2D eigenvalue weighted by Gasteiger charge is 2.34. The smallest absolute Gasteiger partial charge is 0.401 e. The SMILES string of the molecule is CN=C(NCCOc1c(C)cccc1C)NC1CCN(CC(F)(F)F)C1. The summed E-state index contributed by atoms with van der Waals surface area (Å²) in [6.07, 6.45) is -3.49. The summed E-state index contributed by atoms with van der Waals surface area (Å²) in [5.41, 5.74) is 2.17. The fourth-order valence-electron chi connectivity index (χ4n) is 3.08. The topological polar surface area (TPSA) is 48.9 Å². The van der Waals surface area contributed by atoms with Gasteiger partial charge in [0, 0.05) is 26.2 Å². The molecule has 0 aliphatic carbocycles. The van der Waals surface area contributed by atoms with Crippen molar-refractivity contribution in [2.24, 2.45) is 4.99 Å². The van der Waals surface area contributed by atoms with Crippen molar-refractivity contribution in [2.45, 2.75) is 32.5 Å². The van der Waals surface area contributed by atoms with Crippen LogP contribution in [0.25, 0.3) is 0 Å². The Balaban J connectivity index is 1.72. The van der Waals surface area contributed by atoms with Crippen LogP contribution in [0, 0.1) is 13.8 Å². The molecule has 1 unspecified atom stereocenters. The second-order valence-electron chi connectivity index (χ2n) is 6.55. The van der Waals surface area contributed by atoms with Gasteiger partial charge in [0.15, 0.2) is 5.96 Å². The monoisotopic (exact) mass is 372 g/mol. The Hall–Kier alpha value is -1.96. The predicted molar refractivity (Wildman–Crippen MR) is 96.8 cm³/mol. The number of hydrogen-bond donors (Lipinski definition) is 2. The minimum absolute atomic E-state index is 0.0388. The lowest BCUT2D eigenvalue weighted by atomic mass is 10.1. The molecule has 8 heteroatoms. The first-order valence-electron chi connectivity index (χ1n) is 8.74. The molecule has 1 fully saturated rings. The average molecular weight is 372 g/mol. The van der Waals surface area contributed by atoms with Crippen molar-refractivity contribution in [1.82, 2.24) is 15.5 Å². The summed E-state index contributed by atoms with van der Waals surface area (Å²) in [5.74, 6) is 1.46. The van der Waals surface area contributed by atoms with E-state index in [1.54, 1.807) is 7.05 Å². The summed E-state index contributed by atoms with van der Waals surface area (Å²) in [6, 6.07) is 5.96. The molecule has 1 aliphatic rings. The van der Waals surface area contributed by atoms with Crippen LogP contribution in [0.15, 0.2) is 23.2 Å². The van der Waals surface area contributed by atoms with Crippen LogP contribution in [-0.4, -0.2) is 62.9 Å². The van der Waals surface area contributed by atoms with Gasteiger partial charge in [0.2, 0.25) is 0 Å². The molecule has 0 aromatic heterocycles. The molecular formula is C18H27F3N4O. The molecule has 5 nitrogen and oxygen atoms in total. The Labute approximate surface area is 152 Å². The lowest BCUT2D eigenvalue weighted by Gasteiger charge is -2.20. The van der Waals surface area contributed by atoms with Gasteiger partial charge in [-0.25, -0.2) is 0 Å². The Morgan fingerprint density at radius 1 is 1.31 bits per heavy atom. The molecule has 1 heterocycles. The van der Waals surface area contributed by atoms with Gasteiger partial charge in [-0.2, -0.15) is 13.2 Å². The molecule has 146 valence electrons. The minimum atomic E-state index is -4.15. The van der Waals surface area contributed by atoms with Crippen molar-refractivity contribution in [1.29, 1.82) is 0 Å². The first-order chi connectivity index (χ1) is 12.3. The van der Waals surface area contributed by atoms with Gasteiger partial charge in [-0.05, 0) is 31.4 Å². The van der Waals surface area contributed by atoms with Gasteiger partial charge in [-0.1, -0.05) is 18.2 Å². The molecule has 1 saturated heterocycles. The summed E-state index contributed by atoms with van der Waals surface area (Å²) in [7, 11) is 1.64. The van der Waals surface area contributed by atoms with Crippen molar-refractivity contribution in [3.05, 3.63) is 29.3 Å². The van der Waals surface area contributed by atoms with Gasteiger partial charge in [0.25, 0.3) is 0 Å². The van der Waals surface area contributed by atoms with Crippen molar-refractivity contribution >= 4 is 5.96 Å². The van der Waals surface area contributed by atoms with E-state index in [0.29, 0.717) is 38.6 Å². The summed E-state index contributed by atoms with van der Waals surface area (Å²) in [4.78, 5) is 5.54. The number of para-hydroxylation sites is 1. The molecule has 26 heavy (non-hydrogen) atoms. The van der Waals surface area contributed by atoms with E-state index in [2.05, 4.69) is 15.6 Å². The largest absolute Gasteiger partial charge is 0.491 e. The summed E-state index contributed by atoms with van der Waals surface area (Å²) in [5, 5.41) is 6.32. The van der Waals surface area contributed by atoms with Crippen LogP contribution in [0.3, 0.4) is 0 Å². The number of benzene rings is 1. The lowest BCUT2D eigenvalue weighted by molar-refractivity contribution is -0.143. The van der Waals surface area contributed by atoms with Gasteiger partial charge in [-0.15, -0.1) is 0 Å². The lowest BCUT2D eigenvalue weighted by Crippen LogP contribution is -2.46. The number of ether oxygens (including phenoxy) is 1.